The fourth-order valence-electron chi connectivity index (χ4n) is 2.85. The van der Waals surface area contributed by atoms with Crippen LogP contribution in [0.15, 0.2) is 24.3 Å². The number of nitrogens with zero attached hydrogens (tertiary/aromatic N) is 3. The first-order valence-corrected chi connectivity index (χ1v) is 7.62. The van der Waals surface area contributed by atoms with Gasteiger partial charge in [0.25, 0.3) is 0 Å². The van der Waals surface area contributed by atoms with Crippen LogP contribution in [0, 0.1) is 25.5 Å². The number of benzene rings is 1. The molecule has 2 heterocycles. The highest BCUT2D eigenvalue weighted by Crippen LogP contribution is 2.23. The van der Waals surface area contributed by atoms with Crippen molar-refractivity contribution in [2.45, 2.75) is 26.5 Å². The molecule has 0 N–H and O–H groups in total. The molecule has 2 aromatic rings. The Morgan fingerprint density at radius 1 is 1.26 bits per heavy atom. The fraction of sp³-hybridized carbons (Fsp3) is 0.412. The number of hydrogen-bond acceptors (Lipinski definition) is 4. The van der Waals surface area contributed by atoms with Crippen molar-refractivity contribution in [2.75, 3.05) is 19.7 Å². The average Bonchev–Trinajstić information content (AvgIpc) is 2.51. The predicted octanol–water partition coefficient (Wildman–Crippen LogP) is 2.95. The molecular formula is C17H19F2N3O. The number of morpholine rings is 1. The number of halogens is 2. The first kappa shape index (κ1) is 16.0. The van der Waals surface area contributed by atoms with Gasteiger partial charge >= 0.3 is 0 Å². The van der Waals surface area contributed by atoms with Crippen LogP contribution in [0.5, 0.6) is 0 Å². The molecule has 1 aliphatic rings. The van der Waals surface area contributed by atoms with Gasteiger partial charge in [0, 0.05) is 30.9 Å². The van der Waals surface area contributed by atoms with E-state index in [1.54, 1.807) is 6.07 Å². The van der Waals surface area contributed by atoms with E-state index in [2.05, 4.69) is 14.9 Å². The fourth-order valence-corrected chi connectivity index (χ4v) is 2.85. The average molecular weight is 319 g/mol. The van der Waals surface area contributed by atoms with Crippen molar-refractivity contribution in [3.8, 4) is 0 Å². The molecule has 1 aliphatic heterocycles. The van der Waals surface area contributed by atoms with Crippen LogP contribution < -0.4 is 0 Å². The van der Waals surface area contributed by atoms with E-state index in [-0.39, 0.29) is 6.10 Å². The van der Waals surface area contributed by atoms with Gasteiger partial charge in [-0.05, 0) is 26.0 Å². The van der Waals surface area contributed by atoms with Crippen molar-refractivity contribution in [2.24, 2.45) is 0 Å². The van der Waals surface area contributed by atoms with Crippen LogP contribution in [0.4, 0.5) is 8.78 Å². The van der Waals surface area contributed by atoms with Crippen molar-refractivity contribution in [1.82, 2.24) is 14.9 Å². The lowest BCUT2D eigenvalue weighted by atomic mass is 10.1. The molecule has 0 amide bonds. The molecule has 4 nitrogen and oxygen atoms in total. The number of rotatable bonds is 3. The second kappa shape index (κ2) is 6.68. The lowest BCUT2D eigenvalue weighted by Gasteiger charge is -2.32. The highest BCUT2D eigenvalue weighted by Gasteiger charge is 2.24. The van der Waals surface area contributed by atoms with Gasteiger partial charge in [-0.1, -0.05) is 12.1 Å². The monoisotopic (exact) mass is 319 g/mol. The maximum Gasteiger partial charge on any atom is 0.163 e. The number of aromatic nitrogens is 2. The van der Waals surface area contributed by atoms with Crippen LogP contribution in [0.3, 0.4) is 0 Å². The Kier molecular flexibility index (Phi) is 4.63. The molecule has 6 heteroatoms. The zero-order chi connectivity index (χ0) is 16.4. The Morgan fingerprint density at radius 2 is 2.09 bits per heavy atom. The summed E-state index contributed by atoms with van der Waals surface area (Å²) in [6, 6.07) is 6.18. The largest absolute Gasteiger partial charge is 0.369 e. The summed E-state index contributed by atoms with van der Waals surface area (Å²) >= 11 is 0. The molecule has 1 aromatic heterocycles. The summed E-state index contributed by atoms with van der Waals surface area (Å²) in [6.07, 6.45) is -0.180. The normalized spacial score (nSPS) is 19.0. The number of ether oxygens (including phenoxy) is 1. The van der Waals surface area contributed by atoms with Crippen LogP contribution in [0.2, 0.25) is 0 Å². The summed E-state index contributed by atoms with van der Waals surface area (Å²) < 4.78 is 33.0. The number of hydrogen-bond donors (Lipinski definition) is 0. The van der Waals surface area contributed by atoms with Crippen LogP contribution in [-0.2, 0) is 11.3 Å². The van der Waals surface area contributed by atoms with E-state index in [0.29, 0.717) is 37.6 Å². The predicted molar refractivity (Wildman–Crippen MR) is 81.8 cm³/mol. The van der Waals surface area contributed by atoms with Gasteiger partial charge in [0.15, 0.2) is 11.6 Å². The minimum Gasteiger partial charge on any atom is -0.369 e. The molecule has 1 unspecified atom stereocenters. The molecular weight excluding hydrogens is 300 g/mol. The summed E-state index contributed by atoms with van der Waals surface area (Å²) in [5, 5.41) is 0. The van der Waals surface area contributed by atoms with Crippen molar-refractivity contribution < 1.29 is 13.5 Å². The Hall–Kier alpha value is -1.92. The van der Waals surface area contributed by atoms with E-state index in [1.165, 1.54) is 6.07 Å². The Labute approximate surface area is 134 Å². The molecule has 1 aromatic carbocycles. The lowest BCUT2D eigenvalue weighted by molar-refractivity contribution is -0.0354. The molecule has 0 spiro atoms. The third-order valence-electron chi connectivity index (χ3n) is 3.89. The molecule has 3 rings (SSSR count). The summed E-state index contributed by atoms with van der Waals surface area (Å²) in [5.41, 5.74) is 2.09. The molecule has 1 saturated heterocycles. The maximum absolute atomic E-state index is 13.8. The van der Waals surface area contributed by atoms with Crippen LogP contribution in [-0.4, -0.2) is 34.6 Å². The Balaban J connectivity index is 1.74. The van der Waals surface area contributed by atoms with Crippen molar-refractivity contribution >= 4 is 0 Å². The summed E-state index contributed by atoms with van der Waals surface area (Å²) in [6.45, 7) is 5.91. The highest BCUT2D eigenvalue weighted by molar-refractivity contribution is 5.19. The molecule has 0 radical (unpaired) electrons. The lowest BCUT2D eigenvalue weighted by Crippen LogP contribution is -2.38. The smallest absolute Gasteiger partial charge is 0.163 e. The second-order valence-corrected chi connectivity index (χ2v) is 5.79. The first-order valence-electron chi connectivity index (χ1n) is 7.62. The maximum atomic E-state index is 13.8. The van der Waals surface area contributed by atoms with Gasteiger partial charge < -0.3 is 4.74 Å². The molecule has 0 bridgehead atoms. The van der Waals surface area contributed by atoms with Gasteiger partial charge in [0.05, 0.1) is 12.3 Å². The van der Waals surface area contributed by atoms with E-state index < -0.39 is 11.6 Å². The van der Waals surface area contributed by atoms with Crippen LogP contribution in [0.25, 0.3) is 0 Å². The molecule has 23 heavy (non-hydrogen) atoms. The zero-order valence-electron chi connectivity index (χ0n) is 13.2. The van der Waals surface area contributed by atoms with Crippen molar-refractivity contribution in [3.05, 3.63) is 58.7 Å². The minimum absolute atomic E-state index is 0.180. The number of aryl methyl sites for hydroxylation is 2. The van der Waals surface area contributed by atoms with E-state index in [0.717, 1.165) is 17.5 Å². The molecule has 1 atom stereocenters. The van der Waals surface area contributed by atoms with E-state index in [1.807, 2.05) is 19.9 Å². The topological polar surface area (TPSA) is 38.2 Å². The summed E-state index contributed by atoms with van der Waals surface area (Å²) in [5.74, 6) is -0.879. The van der Waals surface area contributed by atoms with E-state index in [4.69, 9.17) is 4.74 Å². The van der Waals surface area contributed by atoms with Crippen molar-refractivity contribution in [1.29, 1.82) is 0 Å². The van der Waals surface area contributed by atoms with Gasteiger partial charge in [0.1, 0.15) is 11.9 Å². The zero-order valence-corrected chi connectivity index (χ0v) is 13.2. The highest BCUT2D eigenvalue weighted by atomic mass is 19.2. The molecule has 122 valence electrons. The van der Waals surface area contributed by atoms with E-state index in [9.17, 15) is 8.78 Å². The molecule has 1 fully saturated rings. The van der Waals surface area contributed by atoms with Gasteiger partial charge in [-0.25, -0.2) is 18.7 Å². The molecule has 0 saturated carbocycles. The SMILES string of the molecule is Cc1cc(C2CN(Cc3cccc(F)c3F)CCO2)nc(C)n1. The third kappa shape index (κ3) is 3.71. The Morgan fingerprint density at radius 3 is 2.87 bits per heavy atom. The first-order chi connectivity index (χ1) is 11.0. The molecule has 0 aliphatic carbocycles. The van der Waals surface area contributed by atoms with Crippen LogP contribution >= 0.6 is 0 Å². The standard InChI is InChI=1S/C17H19F2N3O/c1-11-8-15(21-12(2)20-11)16-10-22(6-7-23-16)9-13-4-3-5-14(18)17(13)19/h3-5,8,16H,6-7,9-10H2,1-2H3. The summed E-state index contributed by atoms with van der Waals surface area (Å²) in [7, 11) is 0. The van der Waals surface area contributed by atoms with Gasteiger partial charge in [-0.2, -0.15) is 0 Å². The van der Waals surface area contributed by atoms with E-state index >= 15 is 0 Å². The van der Waals surface area contributed by atoms with Crippen molar-refractivity contribution in [3.63, 3.8) is 0 Å². The van der Waals surface area contributed by atoms with Gasteiger partial charge in [-0.3, -0.25) is 4.90 Å². The van der Waals surface area contributed by atoms with Gasteiger partial charge in [-0.15, -0.1) is 0 Å². The second-order valence-electron chi connectivity index (χ2n) is 5.79. The summed E-state index contributed by atoms with van der Waals surface area (Å²) in [4.78, 5) is 10.8. The Bertz CT molecular complexity index is 688. The quantitative estimate of drug-likeness (QED) is 0.872. The third-order valence-corrected chi connectivity index (χ3v) is 3.89. The van der Waals surface area contributed by atoms with Gasteiger partial charge in [0.2, 0.25) is 0 Å². The minimum atomic E-state index is -0.811. The van der Waals surface area contributed by atoms with Crippen LogP contribution in [0.1, 0.15) is 28.9 Å².